The molecule has 0 saturated heterocycles. The van der Waals surface area contributed by atoms with Gasteiger partial charge in [-0.15, -0.1) is 0 Å². The number of rotatable bonds is 7. The summed E-state index contributed by atoms with van der Waals surface area (Å²) in [7, 11) is 0. The first-order chi connectivity index (χ1) is 8.08. The van der Waals surface area contributed by atoms with Gasteiger partial charge >= 0.3 is 0 Å². The van der Waals surface area contributed by atoms with Crippen LogP contribution in [0.25, 0.3) is 0 Å². The first-order valence-electron chi connectivity index (χ1n) is 6.06. The van der Waals surface area contributed by atoms with Gasteiger partial charge in [0.2, 0.25) is 0 Å². The SMILES string of the molecule is CC(C)CNCC(C)NCc1ccc(=O)[nH]n1. The summed E-state index contributed by atoms with van der Waals surface area (Å²) >= 11 is 0. The number of hydrogen-bond acceptors (Lipinski definition) is 4. The van der Waals surface area contributed by atoms with Crippen LogP contribution in [0.1, 0.15) is 26.5 Å². The zero-order valence-electron chi connectivity index (χ0n) is 10.8. The second-order valence-electron chi connectivity index (χ2n) is 4.75. The highest BCUT2D eigenvalue weighted by atomic mass is 16.1. The first kappa shape index (κ1) is 13.9. The summed E-state index contributed by atoms with van der Waals surface area (Å²) in [5.41, 5.74) is 0.681. The highest BCUT2D eigenvalue weighted by Crippen LogP contribution is 1.91. The molecule has 1 heterocycles. The Hall–Kier alpha value is -1.20. The molecule has 0 aromatic carbocycles. The highest BCUT2D eigenvalue weighted by Gasteiger charge is 2.02. The Morgan fingerprint density at radius 3 is 2.65 bits per heavy atom. The summed E-state index contributed by atoms with van der Waals surface area (Å²) in [6, 6.07) is 3.61. The molecule has 5 heteroatoms. The Morgan fingerprint density at radius 1 is 1.29 bits per heavy atom. The van der Waals surface area contributed by atoms with Crippen LogP contribution in [0.4, 0.5) is 0 Å². The molecule has 1 rings (SSSR count). The van der Waals surface area contributed by atoms with Crippen LogP contribution in [0.2, 0.25) is 0 Å². The van der Waals surface area contributed by atoms with Crippen molar-refractivity contribution in [1.82, 2.24) is 20.8 Å². The summed E-state index contributed by atoms with van der Waals surface area (Å²) in [6.45, 7) is 9.13. The van der Waals surface area contributed by atoms with Crippen molar-refractivity contribution in [1.29, 1.82) is 0 Å². The molecule has 0 bridgehead atoms. The fourth-order valence-corrected chi connectivity index (χ4v) is 1.41. The molecule has 96 valence electrons. The Labute approximate surface area is 102 Å². The lowest BCUT2D eigenvalue weighted by atomic mass is 10.2. The van der Waals surface area contributed by atoms with E-state index in [0.717, 1.165) is 18.8 Å². The Balaban J connectivity index is 2.21. The van der Waals surface area contributed by atoms with Crippen molar-refractivity contribution in [3.8, 4) is 0 Å². The Morgan fingerprint density at radius 2 is 2.06 bits per heavy atom. The van der Waals surface area contributed by atoms with E-state index in [4.69, 9.17) is 0 Å². The van der Waals surface area contributed by atoms with E-state index in [1.165, 1.54) is 6.07 Å². The maximum Gasteiger partial charge on any atom is 0.264 e. The van der Waals surface area contributed by atoms with Crippen LogP contribution in [-0.4, -0.2) is 29.3 Å². The summed E-state index contributed by atoms with van der Waals surface area (Å²) < 4.78 is 0. The predicted octanol–water partition coefficient (Wildman–Crippen LogP) is 0.494. The molecule has 0 radical (unpaired) electrons. The minimum absolute atomic E-state index is 0.166. The fraction of sp³-hybridized carbons (Fsp3) is 0.667. The summed E-state index contributed by atoms with van der Waals surface area (Å²) in [5, 5.41) is 13.1. The van der Waals surface area contributed by atoms with Crippen LogP contribution in [0.15, 0.2) is 16.9 Å². The molecule has 0 fully saturated rings. The predicted molar refractivity (Wildman–Crippen MR) is 68.9 cm³/mol. The zero-order valence-corrected chi connectivity index (χ0v) is 10.8. The molecule has 1 aromatic rings. The van der Waals surface area contributed by atoms with Crippen molar-refractivity contribution < 1.29 is 0 Å². The molecule has 0 spiro atoms. The second-order valence-corrected chi connectivity index (χ2v) is 4.75. The molecule has 0 aliphatic rings. The van der Waals surface area contributed by atoms with Crippen LogP contribution < -0.4 is 16.2 Å². The van der Waals surface area contributed by atoms with Crippen LogP contribution >= 0.6 is 0 Å². The van der Waals surface area contributed by atoms with E-state index in [0.29, 0.717) is 18.5 Å². The van der Waals surface area contributed by atoms with Gasteiger partial charge in [0.05, 0.1) is 5.69 Å². The summed E-state index contributed by atoms with van der Waals surface area (Å²) in [6.07, 6.45) is 0. The van der Waals surface area contributed by atoms with E-state index in [-0.39, 0.29) is 5.56 Å². The van der Waals surface area contributed by atoms with Gasteiger partial charge in [0.15, 0.2) is 0 Å². The monoisotopic (exact) mass is 238 g/mol. The van der Waals surface area contributed by atoms with Crippen molar-refractivity contribution in [3.05, 3.63) is 28.2 Å². The lowest BCUT2D eigenvalue weighted by Crippen LogP contribution is -2.37. The van der Waals surface area contributed by atoms with Crippen molar-refractivity contribution in [2.75, 3.05) is 13.1 Å². The van der Waals surface area contributed by atoms with Gasteiger partial charge in [-0.25, -0.2) is 5.10 Å². The van der Waals surface area contributed by atoms with E-state index in [2.05, 4.69) is 41.6 Å². The minimum atomic E-state index is -0.166. The topological polar surface area (TPSA) is 69.8 Å². The van der Waals surface area contributed by atoms with Crippen molar-refractivity contribution >= 4 is 0 Å². The van der Waals surface area contributed by atoms with Crippen LogP contribution in [0.3, 0.4) is 0 Å². The summed E-state index contributed by atoms with van der Waals surface area (Å²) in [5.74, 6) is 0.670. The molecule has 5 nitrogen and oxygen atoms in total. The molecule has 17 heavy (non-hydrogen) atoms. The van der Waals surface area contributed by atoms with Crippen molar-refractivity contribution in [2.45, 2.75) is 33.4 Å². The van der Waals surface area contributed by atoms with Crippen LogP contribution in [0, 0.1) is 5.92 Å². The van der Waals surface area contributed by atoms with Gasteiger partial charge in [-0.05, 0) is 25.5 Å². The minimum Gasteiger partial charge on any atom is -0.315 e. The number of hydrogen-bond donors (Lipinski definition) is 3. The molecule has 0 amide bonds. The van der Waals surface area contributed by atoms with E-state index in [1.54, 1.807) is 6.07 Å². The number of nitrogens with one attached hydrogen (secondary N) is 3. The van der Waals surface area contributed by atoms with Gasteiger partial charge in [-0.2, -0.15) is 5.10 Å². The van der Waals surface area contributed by atoms with Crippen LogP contribution in [-0.2, 0) is 6.54 Å². The Bertz CT molecular complexity index is 355. The molecular weight excluding hydrogens is 216 g/mol. The molecular formula is C12H22N4O. The van der Waals surface area contributed by atoms with Gasteiger partial charge in [-0.1, -0.05) is 13.8 Å². The number of aromatic nitrogens is 2. The molecule has 1 atom stereocenters. The quantitative estimate of drug-likeness (QED) is 0.647. The highest BCUT2D eigenvalue weighted by molar-refractivity contribution is 4.99. The van der Waals surface area contributed by atoms with E-state index >= 15 is 0 Å². The van der Waals surface area contributed by atoms with Gasteiger partial charge in [0, 0.05) is 25.2 Å². The Kier molecular flexibility index (Phi) is 5.86. The normalized spacial score (nSPS) is 12.9. The molecule has 0 aliphatic heterocycles. The second kappa shape index (κ2) is 7.19. The van der Waals surface area contributed by atoms with E-state index in [1.807, 2.05) is 0 Å². The third kappa shape index (κ3) is 6.19. The smallest absolute Gasteiger partial charge is 0.264 e. The molecule has 3 N–H and O–H groups in total. The third-order valence-corrected chi connectivity index (χ3v) is 2.37. The van der Waals surface area contributed by atoms with E-state index in [9.17, 15) is 4.79 Å². The van der Waals surface area contributed by atoms with Gasteiger partial charge in [0.1, 0.15) is 0 Å². The first-order valence-corrected chi connectivity index (χ1v) is 6.06. The van der Waals surface area contributed by atoms with Crippen LogP contribution in [0.5, 0.6) is 0 Å². The van der Waals surface area contributed by atoms with E-state index < -0.39 is 0 Å². The van der Waals surface area contributed by atoms with Crippen molar-refractivity contribution in [2.24, 2.45) is 5.92 Å². The van der Waals surface area contributed by atoms with Crippen molar-refractivity contribution in [3.63, 3.8) is 0 Å². The standard InChI is InChI=1S/C12H22N4O/c1-9(2)6-13-7-10(3)14-8-11-4-5-12(17)16-15-11/h4-5,9-10,13-14H,6-8H2,1-3H3,(H,16,17). The number of H-pyrrole nitrogens is 1. The molecule has 0 aliphatic carbocycles. The lowest BCUT2D eigenvalue weighted by molar-refractivity contribution is 0.469. The maximum absolute atomic E-state index is 10.8. The number of nitrogens with zero attached hydrogens (tertiary/aromatic N) is 1. The average molecular weight is 238 g/mol. The average Bonchev–Trinajstić information content (AvgIpc) is 2.28. The molecule has 1 unspecified atom stereocenters. The fourth-order valence-electron chi connectivity index (χ4n) is 1.41. The zero-order chi connectivity index (χ0) is 12.7. The largest absolute Gasteiger partial charge is 0.315 e. The van der Waals surface area contributed by atoms with Gasteiger partial charge < -0.3 is 10.6 Å². The summed E-state index contributed by atoms with van der Waals surface area (Å²) in [4.78, 5) is 10.8. The molecule has 0 saturated carbocycles. The third-order valence-electron chi connectivity index (χ3n) is 2.37. The lowest BCUT2D eigenvalue weighted by Gasteiger charge is -2.15. The number of aromatic amines is 1. The van der Waals surface area contributed by atoms with Gasteiger partial charge in [0.25, 0.3) is 5.56 Å². The van der Waals surface area contributed by atoms with Gasteiger partial charge in [-0.3, -0.25) is 4.79 Å². The maximum atomic E-state index is 10.8. The molecule has 1 aromatic heterocycles.